The van der Waals surface area contributed by atoms with Crippen molar-refractivity contribution in [2.75, 3.05) is 6.61 Å². The van der Waals surface area contributed by atoms with Crippen molar-refractivity contribution >= 4 is 0 Å². The van der Waals surface area contributed by atoms with E-state index in [1.165, 1.54) is 0 Å². The van der Waals surface area contributed by atoms with Crippen molar-refractivity contribution in [1.29, 1.82) is 0 Å². The fourth-order valence-corrected chi connectivity index (χ4v) is 1.83. The molecule has 1 saturated heterocycles. The van der Waals surface area contributed by atoms with E-state index in [0.29, 0.717) is 13.0 Å². The Labute approximate surface area is 86.1 Å². The standard InChI is InChI=1S/C11H22O3/c1-7(2)11(4,13)5-9-8(3)14-6-10(9)12/h7-10,12-13H,5-6H2,1-4H3. The van der Waals surface area contributed by atoms with Gasteiger partial charge in [0.2, 0.25) is 0 Å². The quantitative estimate of drug-likeness (QED) is 0.722. The Hall–Kier alpha value is -0.120. The van der Waals surface area contributed by atoms with Crippen LogP contribution in [0.5, 0.6) is 0 Å². The van der Waals surface area contributed by atoms with E-state index >= 15 is 0 Å². The van der Waals surface area contributed by atoms with Crippen LogP contribution in [0.1, 0.15) is 34.1 Å². The molecule has 0 bridgehead atoms. The summed E-state index contributed by atoms with van der Waals surface area (Å²) in [5, 5.41) is 19.8. The van der Waals surface area contributed by atoms with E-state index in [2.05, 4.69) is 0 Å². The van der Waals surface area contributed by atoms with Gasteiger partial charge in [-0.25, -0.2) is 0 Å². The molecule has 4 atom stereocenters. The summed E-state index contributed by atoms with van der Waals surface area (Å²) < 4.78 is 5.34. The molecular weight excluding hydrogens is 180 g/mol. The molecule has 0 aromatic heterocycles. The number of aliphatic hydroxyl groups excluding tert-OH is 1. The lowest BCUT2D eigenvalue weighted by Gasteiger charge is -2.32. The molecule has 1 fully saturated rings. The van der Waals surface area contributed by atoms with Gasteiger partial charge in [-0.15, -0.1) is 0 Å². The van der Waals surface area contributed by atoms with E-state index in [0.717, 1.165) is 0 Å². The molecule has 0 radical (unpaired) electrons. The Balaban J connectivity index is 2.58. The highest BCUT2D eigenvalue weighted by atomic mass is 16.5. The fraction of sp³-hybridized carbons (Fsp3) is 1.00. The molecule has 1 rings (SSSR count). The minimum absolute atomic E-state index is 0.0511. The molecule has 0 aromatic rings. The summed E-state index contributed by atoms with van der Waals surface area (Å²) >= 11 is 0. The third kappa shape index (κ3) is 2.47. The molecule has 0 spiro atoms. The van der Waals surface area contributed by atoms with Crippen LogP contribution in [0.3, 0.4) is 0 Å². The van der Waals surface area contributed by atoms with E-state index in [4.69, 9.17) is 4.74 Å². The minimum atomic E-state index is -0.715. The van der Waals surface area contributed by atoms with Crippen LogP contribution in [-0.2, 0) is 4.74 Å². The third-order valence-corrected chi connectivity index (χ3v) is 3.52. The lowest BCUT2D eigenvalue weighted by molar-refractivity contribution is -0.0297. The van der Waals surface area contributed by atoms with Gasteiger partial charge in [-0.3, -0.25) is 0 Å². The first kappa shape index (κ1) is 12.0. The van der Waals surface area contributed by atoms with Crippen LogP contribution in [0.2, 0.25) is 0 Å². The third-order valence-electron chi connectivity index (χ3n) is 3.52. The van der Waals surface area contributed by atoms with Crippen LogP contribution < -0.4 is 0 Å². The lowest BCUT2D eigenvalue weighted by atomic mass is 9.80. The average molecular weight is 202 g/mol. The maximum absolute atomic E-state index is 10.1. The molecule has 2 N–H and O–H groups in total. The minimum Gasteiger partial charge on any atom is -0.390 e. The van der Waals surface area contributed by atoms with Crippen molar-refractivity contribution in [3.05, 3.63) is 0 Å². The van der Waals surface area contributed by atoms with Crippen molar-refractivity contribution in [2.24, 2.45) is 11.8 Å². The van der Waals surface area contributed by atoms with Gasteiger partial charge in [-0.05, 0) is 26.2 Å². The van der Waals surface area contributed by atoms with Crippen LogP contribution in [-0.4, -0.2) is 34.6 Å². The van der Waals surface area contributed by atoms with Gasteiger partial charge in [0, 0.05) is 5.92 Å². The van der Waals surface area contributed by atoms with Gasteiger partial charge in [0.25, 0.3) is 0 Å². The van der Waals surface area contributed by atoms with Gasteiger partial charge < -0.3 is 14.9 Å². The largest absolute Gasteiger partial charge is 0.390 e. The zero-order chi connectivity index (χ0) is 10.9. The molecule has 14 heavy (non-hydrogen) atoms. The molecule has 0 aliphatic carbocycles. The highest BCUT2D eigenvalue weighted by Crippen LogP contribution is 2.32. The van der Waals surface area contributed by atoms with Crippen LogP contribution in [0.4, 0.5) is 0 Å². The summed E-state index contributed by atoms with van der Waals surface area (Å²) in [5.74, 6) is 0.259. The first-order chi connectivity index (χ1) is 6.34. The second-order valence-corrected chi connectivity index (χ2v) is 4.99. The smallest absolute Gasteiger partial charge is 0.0827 e. The summed E-state index contributed by atoms with van der Waals surface area (Å²) in [6.45, 7) is 8.17. The molecule has 1 aliphatic rings. The van der Waals surface area contributed by atoms with E-state index in [-0.39, 0.29) is 17.9 Å². The normalized spacial score (nSPS) is 37.5. The van der Waals surface area contributed by atoms with Crippen molar-refractivity contribution in [1.82, 2.24) is 0 Å². The van der Waals surface area contributed by atoms with E-state index in [9.17, 15) is 10.2 Å². The van der Waals surface area contributed by atoms with Gasteiger partial charge in [0.15, 0.2) is 0 Å². The molecule has 0 saturated carbocycles. The number of aliphatic hydroxyl groups is 2. The lowest BCUT2D eigenvalue weighted by Crippen LogP contribution is -2.38. The van der Waals surface area contributed by atoms with Crippen molar-refractivity contribution in [2.45, 2.75) is 51.9 Å². The van der Waals surface area contributed by atoms with Gasteiger partial charge in [-0.2, -0.15) is 0 Å². The molecule has 4 unspecified atom stereocenters. The highest BCUT2D eigenvalue weighted by molar-refractivity contribution is 4.88. The summed E-state index contributed by atoms with van der Waals surface area (Å²) in [6.07, 6.45) is 0.234. The summed E-state index contributed by atoms with van der Waals surface area (Å²) in [6, 6.07) is 0. The van der Waals surface area contributed by atoms with Gasteiger partial charge in [0.1, 0.15) is 0 Å². The maximum atomic E-state index is 10.1. The number of rotatable bonds is 3. The van der Waals surface area contributed by atoms with Crippen molar-refractivity contribution in [3.63, 3.8) is 0 Å². The number of hydrogen-bond donors (Lipinski definition) is 2. The molecular formula is C11H22O3. The van der Waals surface area contributed by atoms with Crippen LogP contribution >= 0.6 is 0 Å². The van der Waals surface area contributed by atoms with Crippen LogP contribution in [0.25, 0.3) is 0 Å². The molecule has 84 valence electrons. The predicted octanol–water partition coefficient (Wildman–Crippen LogP) is 1.18. The van der Waals surface area contributed by atoms with Crippen molar-refractivity contribution in [3.8, 4) is 0 Å². The van der Waals surface area contributed by atoms with Crippen LogP contribution in [0.15, 0.2) is 0 Å². The monoisotopic (exact) mass is 202 g/mol. The molecule has 1 heterocycles. The first-order valence-corrected chi connectivity index (χ1v) is 5.36. The second-order valence-electron chi connectivity index (χ2n) is 4.99. The SMILES string of the molecule is CC1OCC(O)C1CC(C)(O)C(C)C. The average Bonchev–Trinajstić information content (AvgIpc) is 2.35. The van der Waals surface area contributed by atoms with Crippen molar-refractivity contribution < 1.29 is 14.9 Å². The molecule has 3 heteroatoms. The Morgan fingerprint density at radius 1 is 1.50 bits per heavy atom. The van der Waals surface area contributed by atoms with Gasteiger partial charge in [-0.1, -0.05) is 13.8 Å². The Morgan fingerprint density at radius 2 is 2.07 bits per heavy atom. The molecule has 0 aromatic carbocycles. The van der Waals surface area contributed by atoms with Gasteiger partial charge >= 0.3 is 0 Å². The Kier molecular flexibility index (Phi) is 3.56. The summed E-state index contributed by atoms with van der Waals surface area (Å²) in [5.41, 5.74) is -0.715. The maximum Gasteiger partial charge on any atom is 0.0827 e. The summed E-state index contributed by atoms with van der Waals surface area (Å²) in [4.78, 5) is 0. The predicted molar refractivity (Wildman–Crippen MR) is 55.0 cm³/mol. The van der Waals surface area contributed by atoms with E-state index < -0.39 is 11.7 Å². The first-order valence-electron chi connectivity index (χ1n) is 5.36. The van der Waals surface area contributed by atoms with E-state index in [1.54, 1.807) is 0 Å². The Morgan fingerprint density at radius 3 is 2.43 bits per heavy atom. The number of ether oxygens (including phenoxy) is 1. The molecule has 0 amide bonds. The number of hydrogen-bond acceptors (Lipinski definition) is 3. The molecule has 3 nitrogen and oxygen atoms in total. The van der Waals surface area contributed by atoms with Gasteiger partial charge in [0.05, 0.1) is 24.4 Å². The van der Waals surface area contributed by atoms with E-state index in [1.807, 2.05) is 27.7 Å². The fourth-order valence-electron chi connectivity index (χ4n) is 1.83. The zero-order valence-corrected chi connectivity index (χ0v) is 9.53. The van der Waals surface area contributed by atoms with Crippen LogP contribution in [0, 0.1) is 11.8 Å². The Bertz CT molecular complexity index is 179. The highest BCUT2D eigenvalue weighted by Gasteiger charge is 2.39. The zero-order valence-electron chi connectivity index (χ0n) is 9.53. The summed E-state index contributed by atoms with van der Waals surface area (Å²) in [7, 11) is 0. The second kappa shape index (κ2) is 4.17. The topological polar surface area (TPSA) is 49.7 Å². The molecule has 1 aliphatic heterocycles.